The molecular weight excluding hydrogens is 236 g/mol. The quantitative estimate of drug-likeness (QED) is 0.772. The predicted octanol–water partition coefficient (Wildman–Crippen LogP) is 2.79. The number of hydrogen-bond donors (Lipinski definition) is 0. The van der Waals surface area contributed by atoms with Gasteiger partial charge in [0.2, 0.25) is 5.91 Å². The fraction of sp³-hybridized carbons (Fsp3) is 0.385. The monoisotopic (exact) mass is 250 g/mol. The molecule has 0 fully saturated rings. The zero-order valence-corrected chi connectivity index (χ0v) is 10.8. The molecule has 1 rings (SSSR count). The first-order valence-corrected chi connectivity index (χ1v) is 5.94. The zero-order chi connectivity index (χ0) is 12.8. The lowest BCUT2D eigenvalue weighted by Crippen LogP contribution is -2.33. The number of hydrogen-bond acceptors (Lipinski definition) is 2. The van der Waals surface area contributed by atoms with E-state index < -0.39 is 0 Å². The van der Waals surface area contributed by atoms with Crippen molar-refractivity contribution in [3.63, 3.8) is 0 Å². The number of halogens is 1. The van der Waals surface area contributed by atoms with E-state index in [9.17, 15) is 4.79 Å². The maximum absolute atomic E-state index is 11.8. The Bertz CT molecular complexity index is 451. The van der Waals surface area contributed by atoms with Crippen molar-refractivity contribution in [2.45, 2.75) is 20.3 Å². The van der Waals surface area contributed by atoms with Gasteiger partial charge in [-0.15, -0.1) is 11.6 Å². The first-order valence-electron chi connectivity index (χ1n) is 5.40. The van der Waals surface area contributed by atoms with Crippen LogP contribution in [0, 0.1) is 25.2 Å². The minimum absolute atomic E-state index is 0.0706. The molecule has 0 atom stereocenters. The highest BCUT2D eigenvalue weighted by Crippen LogP contribution is 2.22. The fourth-order valence-electron chi connectivity index (χ4n) is 1.62. The van der Waals surface area contributed by atoms with E-state index in [0.29, 0.717) is 13.0 Å². The second-order valence-electron chi connectivity index (χ2n) is 3.88. The molecule has 1 aromatic carbocycles. The molecule has 3 nitrogen and oxygen atoms in total. The molecule has 1 amide bonds. The van der Waals surface area contributed by atoms with Crippen molar-refractivity contribution in [2.75, 3.05) is 17.3 Å². The summed E-state index contributed by atoms with van der Waals surface area (Å²) in [7, 11) is 0. The Morgan fingerprint density at radius 1 is 1.47 bits per heavy atom. The predicted molar refractivity (Wildman–Crippen MR) is 69.2 cm³/mol. The molecule has 0 aliphatic carbocycles. The van der Waals surface area contributed by atoms with Crippen LogP contribution in [0.5, 0.6) is 0 Å². The minimum Gasteiger partial charge on any atom is -0.310 e. The van der Waals surface area contributed by atoms with Crippen LogP contribution in [0.25, 0.3) is 0 Å². The fourth-order valence-corrected chi connectivity index (χ4v) is 1.77. The van der Waals surface area contributed by atoms with Crippen LogP contribution in [0.2, 0.25) is 0 Å². The highest BCUT2D eigenvalue weighted by atomic mass is 35.5. The average molecular weight is 251 g/mol. The van der Waals surface area contributed by atoms with Crippen LogP contribution in [0.15, 0.2) is 18.2 Å². The Morgan fingerprint density at radius 3 is 2.76 bits per heavy atom. The van der Waals surface area contributed by atoms with Crippen molar-refractivity contribution in [3.8, 4) is 6.07 Å². The summed E-state index contributed by atoms with van der Waals surface area (Å²) < 4.78 is 0. The summed E-state index contributed by atoms with van der Waals surface area (Å²) in [6.07, 6.45) is 0.302. The molecule has 0 heterocycles. The van der Waals surface area contributed by atoms with Gasteiger partial charge in [0.15, 0.2) is 0 Å². The third-order valence-electron chi connectivity index (χ3n) is 2.52. The van der Waals surface area contributed by atoms with Crippen LogP contribution in [-0.2, 0) is 4.79 Å². The van der Waals surface area contributed by atoms with Gasteiger partial charge in [-0.25, -0.2) is 0 Å². The normalized spacial score (nSPS) is 9.76. The molecule has 0 aliphatic heterocycles. The number of anilines is 1. The van der Waals surface area contributed by atoms with Gasteiger partial charge in [-0.2, -0.15) is 5.26 Å². The Morgan fingerprint density at radius 2 is 2.18 bits per heavy atom. The lowest BCUT2D eigenvalue weighted by Gasteiger charge is -2.23. The van der Waals surface area contributed by atoms with E-state index in [-0.39, 0.29) is 11.8 Å². The summed E-state index contributed by atoms with van der Waals surface area (Å²) in [6, 6.07) is 7.94. The maximum Gasteiger partial charge on any atom is 0.241 e. The van der Waals surface area contributed by atoms with E-state index in [1.807, 2.05) is 38.1 Å². The van der Waals surface area contributed by atoms with Gasteiger partial charge in [0, 0.05) is 12.2 Å². The summed E-state index contributed by atoms with van der Waals surface area (Å²) >= 11 is 5.59. The number of carbonyl (C=O) groups excluding carboxylic acids is 1. The number of rotatable bonds is 4. The summed E-state index contributed by atoms with van der Waals surface area (Å²) in [5.41, 5.74) is 2.92. The van der Waals surface area contributed by atoms with Gasteiger partial charge in [0.1, 0.15) is 5.88 Å². The van der Waals surface area contributed by atoms with Crippen molar-refractivity contribution in [1.29, 1.82) is 5.26 Å². The molecule has 1 aromatic rings. The number of carbonyl (C=O) groups is 1. The van der Waals surface area contributed by atoms with Gasteiger partial charge in [0.25, 0.3) is 0 Å². The summed E-state index contributed by atoms with van der Waals surface area (Å²) in [4.78, 5) is 13.3. The molecule has 4 heteroatoms. The molecule has 0 saturated heterocycles. The molecule has 0 aliphatic rings. The molecule has 0 bridgehead atoms. The number of nitrogens with zero attached hydrogens (tertiary/aromatic N) is 2. The molecule has 17 heavy (non-hydrogen) atoms. The minimum atomic E-state index is -0.171. The topological polar surface area (TPSA) is 44.1 Å². The van der Waals surface area contributed by atoms with E-state index in [1.54, 1.807) is 4.90 Å². The van der Waals surface area contributed by atoms with Crippen molar-refractivity contribution in [1.82, 2.24) is 0 Å². The van der Waals surface area contributed by atoms with Crippen molar-refractivity contribution in [3.05, 3.63) is 29.3 Å². The van der Waals surface area contributed by atoms with Gasteiger partial charge >= 0.3 is 0 Å². The number of alkyl halides is 1. The third kappa shape index (κ3) is 3.47. The number of aryl methyl sites for hydroxylation is 2. The van der Waals surface area contributed by atoms with Crippen molar-refractivity contribution < 1.29 is 4.79 Å². The third-order valence-corrected chi connectivity index (χ3v) is 2.75. The van der Waals surface area contributed by atoms with E-state index >= 15 is 0 Å². The molecule has 0 N–H and O–H groups in total. The highest BCUT2D eigenvalue weighted by Gasteiger charge is 2.16. The van der Waals surface area contributed by atoms with Gasteiger partial charge in [-0.3, -0.25) is 4.79 Å². The van der Waals surface area contributed by atoms with Gasteiger partial charge in [0.05, 0.1) is 12.5 Å². The molecular formula is C13H15ClN2O. The van der Waals surface area contributed by atoms with Crippen molar-refractivity contribution in [2.24, 2.45) is 0 Å². The Kier molecular flexibility index (Phi) is 4.99. The zero-order valence-electron chi connectivity index (χ0n) is 10.0. The standard InChI is InChI=1S/C13H15ClN2O/c1-10-4-5-11(2)12(8-10)16(7-3-6-15)13(17)9-14/h4-5,8H,3,7,9H2,1-2H3. The van der Waals surface area contributed by atoms with E-state index in [2.05, 4.69) is 0 Å². The lowest BCUT2D eigenvalue weighted by atomic mass is 10.1. The second kappa shape index (κ2) is 6.27. The molecule has 0 radical (unpaired) electrons. The molecule has 90 valence electrons. The first kappa shape index (κ1) is 13.5. The summed E-state index contributed by atoms with van der Waals surface area (Å²) in [5.74, 6) is -0.241. The number of benzene rings is 1. The second-order valence-corrected chi connectivity index (χ2v) is 4.14. The Hall–Kier alpha value is -1.53. The molecule has 0 aromatic heterocycles. The average Bonchev–Trinajstić information content (AvgIpc) is 2.33. The van der Waals surface area contributed by atoms with Crippen LogP contribution in [-0.4, -0.2) is 18.3 Å². The smallest absolute Gasteiger partial charge is 0.241 e. The van der Waals surface area contributed by atoms with Gasteiger partial charge in [-0.1, -0.05) is 12.1 Å². The summed E-state index contributed by atoms with van der Waals surface area (Å²) in [6.45, 7) is 4.29. The Labute approximate surface area is 107 Å². The van der Waals surface area contributed by atoms with Crippen LogP contribution >= 0.6 is 11.6 Å². The summed E-state index contributed by atoms with van der Waals surface area (Å²) in [5, 5.41) is 8.62. The van der Waals surface area contributed by atoms with Crippen LogP contribution in [0.1, 0.15) is 17.5 Å². The molecule has 0 spiro atoms. The van der Waals surface area contributed by atoms with E-state index in [4.69, 9.17) is 16.9 Å². The number of nitriles is 1. The van der Waals surface area contributed by atoms with Crippen LogP contribution < -0.4 is 4.90 Å². The molecule has 0 saturated carbocycles. The lowest BCUT2D eigenvalue weighted by molar-refractivity contribution is -0.116. The van der Waals surface area contributed by atoms with Gasteiger partial charge < -0.3 is 4.90 Å². The van der Waals surface area contributed by atoms with Crippen LogP contribution in [0.4, 0.5) is 5.69 Å². The largest absolute Gasteiger partial charge is 0.310 e. The maximum atomic E-state index is 11.8. The number of amides is 1. The van der Waals surface area contributed by atoms with Crippen LogP contribution in [0.3, 0.4) is 0 Å². The van der Waals surface area contributed by atoms with Crippen molar-refractivity contribution >= 4 is 23.2 Å². The highest BCUT2D eigenvalue weighted by molar-refractivity contribution is 6.29. The first-order chi connectivity index (χ1) is 8.10. The van der Waals surface area contributed by atoms with E-state index in [0.717, 1.165) is 16.8 Å². The van der Waals surface area contributed by atoms with Gasteiger partial charge in [-0.05, 0) is 31.0 Å². The molecule has 0 unspecified atom stereocenters. The van der Waals surface area contributed by atoms with E-state index in [1.165, 1.54) is 0 Å². The Balaban J connectivity index is 3.08. The SMILES string of the molecule is Cc1ccc(C)c(N(CCC#N)C(=O)CCl)c1.